The van der Waals surface area contributed by atoms with Crippen LogP contribution in [0.3, 0.4) is 0 Å². The fourth-order valence-electron chi connectivity index (χ4n) is 2.13. The second kappa shape index (κ2) is 9.26. The van der Waals surface area contributed by atoms with Gasteiger partial charge in [0.15, 0.2) is 12.4 Å². The van der Waals surface area contributed by atoms with E-state index < -0.39 is 10.8 Å². The number of carbonyl (C=O) groups excluding carboxylic acids is 1. The van der Waals surface area contributed by atoms with Crippen LogP contribution in [0.5, 0.6) is 5.75 Å². The molecule has 1 amide bonds. The number of carbonyl (C=O) groups is 1. The summed E-state index contributed by atoms with van der Waals surface area (Å²) in [5.41, 5.74) is 3.10. The molecule has 0 saturated heterocycles. The predicted octanol–water partition coefficient (Wildman–Crippen LogP) is 3.05. The highest BCUT2D eigenvalue weighted by Crippen LogP contribution is 2.26. The molecule has 1 aromatic heterocycles. The Balaban J connectivity index is 1.95. The zero-order valence-electron chi connectivity index (χ0n) is 15.2. The molecule has 2 aromatic rings. The molecule has 0 fully saturated rings. The van der Waals surface area contributed by atoms with Crippen LogP contribution in [0.25, 0.3) is 0 Å². The van der Waals surface area contributed by atoms with Gasteiger partial charge in [0.1, 0.15) is 11.9 Å². The maximum Gasteiger partial charge on any atom is 0.343 e. The number of halogens is 1. The monoisotopic (exact) mass is 437 g/mol. The lowest BCUT2D eigenvalue weighted by Gasteiger charge is -2.10. The van der Waals surface area contributed by atoms with Gasteiger partial charge in [0.25, 0.3) is 5.91 Å². The summed E-state index contributed by atoms with van der Waals surface area (Å²) in [7, 11) is 0. The molecule has 2 rings (SSSR count). The molecule has 0 radical (unpaired) electrons. The normalized spacial score (nSPS) is 11.1. The molecule has 0 spiro atoms. The average molecular weight is 438 g/mol. The number of aromatic nitrogens is 2. The summed E-state index contributed by atoms with van der Waals surface area (Å²) < 4.78 is 7.66. The van der Waals surface area contributed by atoms with E-state index in [0.29, 0.717) is 18.3 Å². The molecule has 1 aromatic carbocycles. The number of amides is 1. The summed E-state index contributed by atoms with van der Waals surface area (Å²) >= 11 is 3.44. The van der Waals surface area contributed by atoms with Crippen molar-refractivity contribution >= 4 is 33.9 Å². The highest BCUT2D eigenvalue weighted by Gasteiger charge is 2.19. The van der Waals surface area contributed by atoms with Gasteiger partial charge in [0.05, 0.1) is 17.3 Å². The molecule has 10 heteroatoms. The number of hydrazone groups is 1. The third-order valence-electron chi connectivity index (χ3n) is 3.45. The van der Waals surface area contributed by atoms with Gasteiger partial charge in [-0.1, -0.05) is 13.8 Å². The Morgan fingerprint density at radius 3 is 2.89 bits per heavy atom. The smallest absolute Gasteiger partial charge is 0.343 e. The standard InChI is InChI=1S/C17H20BrN5O4/c1-11(2)10-27-15-5-4-13(6-14(15)18)7-20-21-16(24)9-22-12(3)19-8-17(22)23(25)26/h4-8,11H,9-10H2,1-3H3,(H,21,24)/b20-7-. The van der Waals surface area contributed by atoms with Crippen LogP contribution in [-0.2, 0) is 11.3 Å². The van der Waals surface area contributed by atoms with Crippen LogP contribution < -0.4 is 10.2 Å². The number of nitrogens with one attached hydrogen (secondary N) is 1. The zero-order valence-corrected chi connectivity index (χ0v) is 16.8. The van der Waals surface area contributed by atoms with E-state index in [9.17, 15) is 14.9 Å². The van der Waals surface area contributed by atoms with Gasteiger partial charge >= 0.3 is 5.82 Å². The fraction of sp³-hybridized carbons (Fsp3) is 0.353. The minimum Gasteiger partial charge on any atom is -0.492 e. The topological polar surface area (TPSA) is 112 Å². The van der Waals surface area contributed by atoms with Crippen molar-refractivity contribution in [1.82, 2.24) is 15.0 Å². The van der Waals surface area contributed by atoms with Crippen LogP contribution in [0.15, 0.2) is 34.0 Å². The van der Waals surface area contributed by atoms with E-state index in [2.05, 4.69) is 45.3 Å². The van der Waals surface area contributed by atoms with E-state index in [1.165, 1.54) is 10.8 Å². The van der Waals surface area contributed by atoms with Crippen LogP contribution >= 0.6 is 15.9 Å². The molecule has 1 heterocycles. The third kappa shape index (κ3) is 5.88. The molecule has 9 nitrogen and oxygen atoms in total. The van der Waals surface area contributed by atoms with E-state index in [1.807, 2.05) is 12.1 Å². The number of ether oxygens (including phenoxy) is 1. The summed E-state index contributed by atoms with van der Waals surface area (Å²) in [5, 5.41) is 14.8. The molecule has 0 aliphatic rings. The minimum atomic E-state index is -0.586. The van der Waals surface area contributed by atoms with Gasteiger partial charge in [-0.15, -0.1) is 0 Å². The Morgan fingerprint density at radius 1 is 1.52 bits per heavy atom. The lowest BCUT2D eigenvalue weighted by molar-refractivity contribution is -0.392. The molecule has 27 heavy (non-hydrogen) atoms. The molecule has 0 bridgehead atoms. The number of rotatable bonds is 8. The molecule has 0 atom stereocenters. The molecule has 0 unspecified atom stereocenters. The summed E-state index contributed by atoms with van der Waals surface area (Å²) in [6.07, 6.45) is 2.59. The maximum absolute atomic E-state index is 12.0. The summed E-state index contributed by atoms with van der Waals surface area (Å²) in [6.45, 7) is 6.09. The van der Waals surface area contributed by atoms with Crippen LogP contribution in [-0.4, -0.2) is 33.2 Å². The summed E-state index contributed by atoms with van der Waals surface area (Å²) in [4.78, 5) is 26.2. The first-order valence-corrected chi connectivity index (χ1v) is 8.98. The molecule has 1 N–H and O–H groups in total. The highest BCUT2D eigenvalue weighted by atomic mass is 79.9. The zero-order chi connectivity index (χ0) is 20.0. The van der Waals surface area contributed by atoms with Gasteiger partial charge in [-0.3, -0.25) is 4.79 Å². The number of hydrogen-bond donors (Lipinski definition) is 1. The lowest BCUT2D eigenvalue weighted by Crippen LogP contribution is -2.24. The first-order valence-electron chi connectivity index (χ1n) is 8.18. The lowest BCUT2D eigenvalue weighted by atomic mass is 10.2. The number of benzene rings is 1. The molecular weight excluding hydrogens is 418 g/mol. The van der Waals surface area contributed by atoms with Crippen molar-refractivity contribution in [3.63, 3.8) is 0 Å². The van der Waals surface area contributed by atoms with Crippen molar-refractivity contribution < 1.29 is 14.5 Å². The quantitative estimate of drug-likeness (QED) is 0.387. The van der Waals surface area contributed by atoms with E-state index in [-0.39, 0.29) is 12.4 Å². The van der Waals surface area contributed by atoms with Gasteiger partial charge in [0, 0.05) is 6.92 Å². The second-order valence-corrected chi connectivity index (χ2v) is 7.05. The third-order valence-corrected chi connectivity index (χ3v) is 4.07. The van der Waals surface area contributed by atoms with Gasteiger partial charge in [-0.2, -0.15) is 5.10 Å². The average Bonchev–Trinajstić information content (AvgIpc) is 2.95. The van der Waals surface area contributed by atoms with Crippen molar-refractivity contribution in [2.24, 2.45) is 11.0 Å². The van der Waals surface area contributed by atoms with Gasteiger partial charge < -0.3 is 14.9 Å². The Bertz CT molecular complexity index is 863. The number of aryl methyl sites for hydroxylation is 1. The Labute approximate surface area is 164 Å². The molecule has 0 saturated carbocycles. The van der Waals surface area contributed by atoms with Crippen molar-refractivity contribution in [3.8, 4) is 5.75 Å². The number of nitrogens with zero attached hydrogens (tertiary/aromatic N) is 4. The van der Waals surface area contributed by atoms with Crippen molar-refractivity contribution in [2.75, 3.05) is 6.61 Å². The van der Waals surface area contributed by atoms with Crippen LogP contribution in [0.2, 0.25) is 0 Å². The van der Waals surface area contributed by atoms with Crippen LogP contribution in [0, 0.1) is 23.0 Å². The van der Waals surface area contributed by atoms with E-state index in [1.54, 1.807) is 13.0 Å². The molecule has 0 aliphatic carbocycles. The Kier molecular flexibility index (Phi) is 7.05. The fourth-order valence-corrected chi connectivity index (χ4v) is 2.64. The first kappa shape index (κ1) is 20.6. The summed E-state index contributed by atoms with van der Waals surface area (Å²) in [6, 6.07) is 5.44. The number of hydrogen-bond acceptors (Lipinski definition) is 6. The first-order chi connectivity index (χ1) is 12.8. The van der Waals surface area contributed by atoms with Crippen LogP contribution in [0.4, 0.5) is 5.82 Å². The van der Waals surface area contributed by atoms with Crippen molar-refractivity contribution in [2.45, 2.75) is 27.3 Å². The Hall–Kier alpha value is -2.75. The Morgan fingerprint density at radius 2 is 2.26 bits per heavy atom. The van der Waals surface area contributed by atoms with Gasteiger partial charge in [0.2, 0.25) is 0 Å². The predicted molar refractivity (Wildman–Crippen MR) is 104 cm³/mol. The minimum absolute atomic E-state index is 0.243. The van der Waals surface area contributed by atoms with E-state index in [0.717, 1.165) is 22.0 Å². The van der Waals surface area contributed by atoms with Crippen molar-refractivity contribution in [1.29, 1.82) is 0 Å². The maximum atomic E-state index is 12.0. The van der Waals surface area contributed by atoms with Gasteiger partial charge in [-0.25, -0.2) is 15.0 Å². The number of imidazole rings is 1. The SMILES string of the molecule is Cc1ncc([N+](=O)[O-])n1CC(=O)N/N=C\c1ccc(OCC(C)C)c(Br)c1. The van der Waals surface area contributed by atoms with Crippen LogP contribution in [0.1, 0.15) is 25.2 Å². The van der Waals surface area contributed by atoms with Gasteiger partial charge in [-0.05, 0) is 50.5 Å². The molecule has 0 aliphatic heterocycles. The molecular formula is C17H20BrN5O4. The number of nitro groups is 1. The summed E-state index contributed by atoms with van der Waals surface area (Å²) in [5.74, 6) is 0.789. The largest absolute Gasteiger partial charge is 0.492 e. The molecule has 144 valence electrons. The second-order valence-electron chi connectivity index (χ2n) is 6.19. The van der Waals surface area contributed by atoms with Crippen molar-refractivity contribution in [3.05, 3.63) is 50.4 Å². The highest BCUT2D eigenvalue weighted by molar-refractivity contribution is 9.10. The van der Waals surface area contributed by atoms with E-state index >= 15 is 0 Å². The van der Waals surface area contributed by atoms with E-state index in [4.69, 9.17) is 4.74 Å².